The summed E-state index contributed by atoms with van der Waals surface area (Å²) in [5, 5.41) is 3.95. The first-order valence-corrected chi connectivity index (χ1v) is 10.9. The number of alkyl carbamates (subject to hydrolysis) is 1. The van der Waals surface area contributed by atoms with Gasteiger partial charge in [-0.05, 0) is 34.4 Å². The maximum atomic E-state index is 12.2. The van der Waals surface area contributed by atoms with E-state index in [1.807, 2.05) is 24.3 Å². The highest BCUT2D eigenvalue weighted by Crippen LogP contribution is 2.44. The van der Waals surface area contributed by atoms with Gasteiger partial charge < -0.3 is 10.1 Å². The molecule has 3 nitrogen and oxygen atoms in total. The Kier molecular flexibility index (Phi) is 6.73. The van der Waals surface area contributed by atoms with Gasteiger partial charge in [0.25, 0.3) is 0 Å². The van der Waals surface area contributed by atoms with Gasteiger partial charge in [-0.1, -0.05) is 95.2 Å². The van der Waals surface area contributed by atoms with Gasteiger partial charge in [-0.3, -0.25) is 0 Å². The number of ether oxygens (including phenoxy) is 1. The molecule has 0 unspecified atom stereocenters. The number of nitrogens with one attached hydrogen (secondary N) is 1. The molecule has 0 bridgehead atoms. The second-order valence-corrected chi connectivity index (χ2v) is 8.27. The Hall–Kier alpha value is -2.64. The first-order chi connectivity index (χ1) is 15.0. The molecular formula is C25H18Cl3NO2. The van der Waals surface area contributed by atoms with Crippen molar-refractivity contribution in [2.24, 2.45) is 0 Å². The second-order valence-electron chi connectivity index (χ2n) is 7.05. The van der Waals surface area contributed by atoms with Crippen LogP contribution < -0.4 is 5.32 Å². The van der Waals surface area contributed by atoms with Gasteiger partial charge in [0.2, 0.25) is 0 Å². The zero-order chi connectivity index (χ0) is 21.8. The molecule has 0 fully saturated rings. The molecule has 0 aromatic heterocycles. The number of fused-ring (bicyclic) bond motifs is 3. The van der Waals surface area contributed by atoms with Gasteiger partial charge in [-0.2, -0.15) is 0 Å². The molecule has 1 N–H and O–H groups in total. The van der Waals surface area contributed by atoms with Crippen LogP contribution in [0.1, 0.15) is 29.0 Å². The molecular weight excluding hydrogens is 453 g/mol. The van der Waals surface area contributed by atoms with Crippen molar-refractivity contribution >= 4 is 40.9 Å². The van der Waals surface area contributed by atoms with E-state index in [4.69, 9.17) is 39.5 Å². The van der Waals surface area contributed by atoms with E-state index in [-0.39, 0.29) is 12.5 Å². The minimum atomic E-state index is -0.462. The molecule has 1 amide bonds. The zero-order valence-electron chi connectivity index (χ0n) is 16.4. The molecule has 4 rings (SSSR count). The summed E-state index contributed by atoms with van der Waals surface area (Å²) in [6, 6.07) is 19.6. The van der Waals surface area contributed by atoms with Gasteiger partial charge >= 0.3 is 6.09 Å². The van der Waals surface area contributed by atoms with E-state index >= 15 is 0 Å². The second kappa shape index (κ2) is 9.66. The summed E-state index contributed by atoms with van der Waals surface area (Å²) in [7, 11) is 0. The molecule has 0 spiro atoms. The Morgan fingerprint density at radius 1 is 0.903 bits per heavy atom. The van der Waals surface area contributed by atoms with Gasteiger partial charge in [-0.15, -0.1) is 0 Å². The fourth-order valence-electron chi connectivity index (χ4n) is 3.65. The predicted octanol–water partition coefficient (Wildman–Crippen LogP) is 6.93. The van der Waals surface area contributed by atoms with Crippen LogP contribution in [0, 0.1) is 11.8 Å². The van der Waals surface area contributed by atoms with E-state index in [2.05, 4.69) is 41.4 Å². The van der Waals surface area contributed by atoms with E-state index in [0.29, 0.717) is 33.6 Å². The molecule has 31 heavy (non-hydrogen) atoms. The molecule has 0 saturated carbocycles. The van der Waals surface area contributed by atoms with Crippen molar-refractivity contribution in [3.8, 4) is 23.0 Å². The van der Waals surface area contributed by atoms with Gasteiger partial charge in [0.1, 0.15) is 6.61 Å². The van der Waals surface area contributed by atoms with E-state index in [9.17, 15) is 4.79 Å². The summed E-state index contributed by atoms with van der Waals surface area (Å²) in [5.41, 5.74) is 5.35. The smallest absolute Gasteiger partial charge is 0.407 e. The van der Waals surface area contributed by atoms with Gasteiger partial charge in [0.15, 0.2) is 0 Å². The molecule has 0 aliphatic heterocycles. The van der Waals surface area contributed by atoms with Crippen LogP contribution in [0.5, 0.6) is 0 Å². The molecule has 3 aromatic rings. The summed E-state index contributed by atoms with van der Waals surface area (Å²) in [4.78, 5) is 12.2. The van der Waals surface area contributed by atoms with E-state index in [0.717, 1.165) is 0 Å². The number of hydrogen-bond donors (Lipinski definition) is 1. The number of benzene rings is 3. The SMILES string of the molecule is O=C(NCCC#Cc1cc(Cl)c(Cl)cc1Cl)OCC1c2ccccc2-c2ccccc21. The maximum Gasteiger partial charge on any atom is 0.407 e. The standard InChI is InChI=1S/C25H18Cl3NO2/c26-22-14-24(28)23(27)13-16(22)7-5-6-12-29-25(30)31-15-21-19-10-3-1-8-17(19)18-9-2-4-11-20(18)21/h1-4,8-11,13-14,21H,6,12,15H2,(H,29,30). The molecule has 1 aliphatic rings. The van der Waals surface area contributed by atoms with E-state index < -0.39 is 6.09 Å². The Bertz CT molecular complexity index is 1150. The normalized spacial score (nSPS) is 11.8. The van der Waals surface area contributed by atoms with Gasteiger partial charge in [-0.25, -0.2) is 4.79 Å². The molecule has 1 aliphatic carbocycles. The minimum Gasteiger partial charge on any atom is -0.449 e. The van der Waals surface area contributed by atoms with Gasteiger partial charge in [0, 0.05) is 24.4 Å². The lowest BCUT2D eigenvalue weighted by molar-refractivity contribution is 0.143. The van der Waals surface area contributed by atoms with Crippen molar-refractivity contribution in [3.63, 3.8) is 0 Å². The van der Waals surface area contributed by atoms with Crippen molar-refractivity contribution in [2.45, 2.75) is 12.3 Å². The summed E-state index contributed by atoms with van der Waals surface area (Å²) < 4.78 is 5.50. The Labute approximate surface area is 196 Å². The average Bonchev–Trinajstić information content (AvgIpc) is 3.09. The van der Waals surface area contributed by atoms with Crippen LogP contribution in [0.3, 0.4) is 0 Å². The number of carbonyl (C=O) groups excluding carboxylic acids is 1. The number of halogens is 3. The third kappa shape index (κ3) is 4.83. The van der Waals surface area contributed by atoms with Crippen molar-refractivity contribution in [1.82, 2.24) is 5.32 Å². The first-order valence-electron chi connectivity index (χ1n) is 9.77. The van der Waals surface area contributed by atoms with E-state index in [1.54, 1.807) is 12.1 Å². The predicted molar refractivity (Wildman–Crippen MR) is 126 cm³/mol. The lowest BCUT2D eigenvalue weighted by Crippen LogP contribution is -2.26. The number of carbonyl (C=O) groups is 1. The summed E-state index contributed by atoms with van der Waals surface area (Å²) in [6.07, 6.45) is -0.0166. The number of amides is 1. The van der Waals surface area contributed by atoms with Crippen molar-refractivity contribution in [1.29, 1.82) is 0 Å². The highest BCUT2D eigenvalue weighted by atomic mass is 35.5. The van der Waals surface area contributed by atoms with Gasteiger partial charge in [0.05, 0.1) is 15.1 Å². The van der Waals surface area contributed by atoms with Crippen LogP contribution in [0.15, 0.2) is 60.7 Å². The summed E-state index contributed by atoms with van der Waals surface area (Å²) in [6.45, 7) is 0.646. The average molecular weight is 471 g/mol. The Morgan fingerprint density at radius 3 is 2.19 bits per heavy atom. The lowest BCUT2D eigenvalue weighted by Gasteiger charge is -2.14. The third-order valence-corrected chi connectivity index (χ3v) is 6.13. The molecule has 0 heterocycles. The van der Waals surface area contributed by atoms with Crippen LogP contribution >= 0.6 is 34.8 Å². The highest BCUT2D eigenvalue weighted by molar-refractivity contribution is 6.43. The third-order valence-electron chi connectivity index (χ3n) is 5.10. The maximum absolute atomic E-state index is 12.2. The Balaban J connectivity index is 1.30. The number of rotatable bonds is 4. The largest absolute Gasteiger partial charge is 0.449 e. The van der Waals surface area contributed by atoms with Crippen molar-refractivity contribution in [3.05, 3.63) is 92.4 Å². The number of hydrogen-bond acceptors (Lipinski definition) is 2. The molecule has 0 atom stereocenters. The fraction of sp³-hybridized carbons (Fsp3) is 0.160. The topological polar surface area (TPSA) is 38.3 Å². The fourth-order valence-corrected chi connectivity index (χ4v) is 4.25. The Morgan fingerprint density at radius 2 is 1.52 bits per heavy atom. The van der Waals surface area contributed by atoms with Crippen molar-refractivity contribution < 1.29 is 9.53 Å². The summed E-state index contributed by atoms with van der Waals surface area (Å²) in [5.74, 6) is 5.93. The minimum absolute atomic E-state index is 0.0368. The molecule has 0 radical (unpaired) electrons. The van der Waals surface area contributed by atoms with Crippen LogP contribution in [0.4, 0.5) is 4.79 Å². The molecule has 156 valence electrons. The van der Waals surface area contributed by atoms with Crippen LogP contribution in [0.25, 0.3) is 11.1 Å². The van der Waals surface area contributed by atoms with Crippen LogP contribution in [-0.4, -0.2) is 19.2 Å². The lowest BCUT2D eigenvalue weighted by atomic mass is 9.98. The quantitative estimate of drug-likeness (QED) is 0.255. The monoisotopic (exact) mass is 469 g/mol. The molecule has 0 saturated heterocycles. The van der Waals surface area contributed by atoms with Crippen LogP contribution in [-0.2, 0) is 4.74 Å². The van der Waals surface area contributed by atoms with Crippen molar-refractivity contribution in [2.75, 3.05) is 13.2 Å². The highest BCUT2D eigenvalue weighted by Gasteiger charge is 2.28. The van der Waals surface area contributed by atoms with E-state index in [1.165, 1.54) is 22.3 Å². The molecule has 3 aromatic carbocycles. The van der Waals surface area contributed by atoms with Crippen LogP contribution in [0.2, 0.25) is 15.1 Å². The first kappa shape index (κ1) is 21.6. The summed E-state index contributed by atoms with van der Waals surface area (Å²) >= 11 is 18.0. The molecule has 6 heteroatoms. The zero-order valence-corrected chi connectivity index (χ0v) is 18.7.